The van der Waals surface area contributed by atoms with Crippen LogP contribution in [0, 0.1) is 12.3 Å². The third-order valence-corrected chi connectivity index (χ3v) is 10.5. The summed E-state index contributed by atoms with van der Waals surface area (Å²) in [5, 5.41) is 0.198. The summed E-state index contributed by atoms with van der Waals surface area (Å²) < 4.78 is 12.9. The lowest BCUT2D eigenvalue weighted by Crippen LogP contribution is -2.43. The van der Waals surface area contributed by atoms with E-state index in [4.69, 9.17) is 9.16 Å². The standard InChI is InChI=1S/C25H37O2Si/c1-23(2,3)25(7,21-15-11-10-12-16-21)27-22-17-13-14-20(18-22)19-26-28(8,9)24(4,5)6/h10-18H,7,19H2,1-6,8-9H3. The van der Waals surface area contributed by atoms with Crippen LogP contribution in [-0.2, 0) is 16.6 Å². The van der Waals surface area contributed by atoms with Gasteiger partial charge in [-0.3, -0.25) is 0 Å². The highest BCUT2D eigenvalue weighted by Gasteiger charge is 2.42. The molecule has 1 unspecified atom stereocenters. The van der Waals surface area contributed by atoms with Gasteiger partial charge in [-0.15, -0.1) is 0 Å². The maximum absolute atomic E-state index is 6.54. The molecule has 0 saturated carbocycles. The van der Waals surface area contributed by atoms with E-state index in [9.17, 15) is 0 Å². The van der Waals surface area contributed by atoms with Gasteiger partial charge >= 0.3 is 0 Å². The highest BCUT2D eigenvalue weighted by atomic mass is 28.4. The van der Waals surface area contributed by atoms with E-state index in [1.54, 1.807) is 0 Å². The molecule has 0 aromatic heterocycles. The summed E-state index contributed by atoms with van der Waals surface area (Å²) in [5.41, 5.74) is 1.34. The summed E-state index contributed by atoms with van der Waals surface area (Å²) >= 11 is 0. The van der Waals surface area contributed by atoms with E-state index in [0.717, 1.165) is 16.9 Å². The first-order valence-electron chi connectivity index (χ1n) is 10.1. The van der Waals surface area contributed by atoms with Crippen LogP contribution in [0.25, 0.3) is 0 Å². The highest BCUT2D eigenvalue weighted by molar-refractivity contribution is 6.74. The van der Waals surface area contributed by atoms with Gasteiger partial charge < -0.3 is 9.16 Å². The second kappa shape index (κ2) is 8.04. The van der Waals surface area contributed by atoms with Crippen molar-refractivity contribution in [3.05, 3.63) is 72.6 Å². The van der Waals surface area contributed by atoms with E-state index < -0.39 is 13.9 Å². The Morgan fingerprint density at radius 3 is 2.00 bits per heavy atom. The van der Waals surface area contributed by atoms with Crippen LogP contribution in [0.1, 0.15) is 52.7 Å². The van der Waals surface area contributed by atoms with Crippen LogP contribution in [0.2, 0.25) is 18.1 Å². The quantitative estimate of drug-likeness (QED) is 0.474. The molecule has 0 aliphatic carbocycles. The minimum Gasteiger partial charge on any atom is -0.482 e. The average molecular weight is 398 g/mol. The van der Waals surface area contributed by atoms with Crippen molar-refractivity contribution in [3.63, 3.8) is 0 Å². The zero-order valence-electron chi connectivity index (χ0n) is 18.9. The normalized spacial score (nSPS) is 15.2. The monoisotopic (exact) mass is 397 g/mol. The maximum atomic E-state index is 6.54. The van der Waals surface area contributed by atoms with Gasteiger partial charge in [-0.2, -0.15) is 0 Å². The van der Waals surface area contributed by atoms with E-state index in [-0.39, 0.29) is 10.5 Å². The zero-order chi connectivity index (χ0) is 21.2. The SMILES string of the molecule is [CH2]C(Oc1cccc(CO[Si](C)(C)C(C)(C)C)c1)(c1ccccc1)C(C)(C)C. The van der Waals surface area contributed by atoms with Gasteiger partial charge in [0.1, 0.15) is 11.4 Å². The Bertz CT molecular complexity index is 769. The summed E-state index contributed by atoms with van der Waals surface area (Å²) in [6, 6.07) is 18.5. The summed E-state index contributed by atoms with van der Waals surface area (Å²) in [6.07, 6.45) is 0. The minimum atomic E-state index is -1.79. The van der Waals surface area contributed by atoms with Crippen molar-refractivity contribution in [1.82, 2.24) is 0 Å². The Labute approximate surface area is 173 Å². The lowest BCUT2D eigenvalue weighted by molar-refractivity contribution is 0.00376. The predicted molar refractivity (Wildman–Crippen MR) is 122 cm³/mol. The molecule has 28 heavy (non-hydrogen) atoms. The molecule has 0 N–H and O–H groups in total. The molecule has 1 radical (unpaired) electrons. The van der Waals surface area contributed by atoms with E-state index in [0.29, 0.717) is 6.61 Å². The molecule has 0 saturated heterocycles. The van der Waals surface area contributed by atoms with Crippen LogP contribution in [0.15, 0.2) is 54.6 Å². The smallest absolute Gasteiger partial charge is 0.192 e. The summed E-state index contributed by atoms with van der Waals surface area (Å²) in [5.74, 6) is 0.824. The van der Waals surface area contributed by atoms with Crippen molar-refractivity contribution in [2.24, 2.45) is 5.41 Å². The molecule has 3 heteroatoms. The molecule has 2 aromatic rings. The van der Waals surface area contributed by atoms with Crippen molar-refractivity contribution >= 4 is 8.32 Å². The van der Waals surface area contributed by atoms with Crippen molar-refractivity contribution in [3.8, 4) is 5.75 Å². The lowest BCUT2D eigenvalue weighted by Gasteiger charge is -2.42. The van der Waals surface area contributed by atoms with Crippen LogP contribution in [0.3, 0.4) is 0 Å². The summed E-state index contributed by atoms with van der Waals surface area (Å²) in [4.78, 5) is 0. The van der Waals surface area contributed by atoms with Crippen LogP contribution in [0.4, 0.5) is 0 Å². The lowest BCUT2D eigenvalue weighted by atomic mass is 9.73. The molecule has 0 amide bonds. The molecular weight excluding hydrogens is 360 g/mol. The van der Waals surface area contributed by atoms with E-state index in [2.05, 4.69) is 85.8 Å². The van der Waals surface area contributed by atoms with Gasteiger partial charge in [0.25, 0.3) is 0 Å². The van der Waals surface area contributed by atoms with Crippen molar-refractivity contribution in [1.29, 1.82) is 0 Å². The number of ether oxygens (including phenoxy) is 1. The Morgan fingerprint density at radius 1 is 0.857 bits per heavy atom. The number of hydrogen-bond donors (Lipinski definition) is 0. The van der Waals surface area contributed by atoms with E-state index in [1.165, 1.54) is 0 Å². The molecule has 1 atom stereocenters. The molecule has 0 aliphatic rings. The maximum Gasteiger partial charge on any atom is 0.192 e. The second-order valence-corrected chi connectivity index (χ2v) is 15.1. The molecule has 0 aliphatic heterocycles. The van der Waals surface area contributed by atoms with Crippen molar-refractivity contribution in [2.75, 3.05) is 0 Å². The number of hydrogen-bond acceptors (Lipinski definition) is 2. The topological polar surface area (TPSA) is 18.5 Å². The van der Waals surface area contributed by atoms with Gasteiger partial charge in [0.05, 0.1) is 6.61 Å². The van der Waals surface area contributed by atoms with Gasteiger partial charge in [-0.1, -0.05) is 84.0 Å². The predicted octanol–water partition coefficient (Wildman–Crippen LogP) is 7.36. The van der Waals surface area contributed by atoms with Gasteiger partial charge in [0, 0.05) is 5.41 Å². The fraction of sp³-hybridized carbons (Fsp3) is 0.480. The van der Waals surface area contributed by atoms with Crippen LogP contribution >= 0.6 is 0 Å². The first-order chi connectivity index (χ1) is 12.8. The number of benzene rings is 2. The third kappa shape index (κ3) is 5.06. The molecule has 153 valence electrons. The number of rotatable bonds is 6. The average Bonchev–Trinajstić information content (AvgIpc) is 2.59. The van der Waals surface area contributed by atoms with Gasteiger partial charge in [-0.25, -0.2) is 0 Å². The van der Waals surface area contributed by atoms with Crippen LogP contribution in [-0.4, -0.2) is 8.32 Å². The zero-order valence-corrected chi connectivity index (χ0v) is 19.9. The van der Waals surface area contributed by atoms with Crippen LogP contribution in [0.5, 0.6) is 5.75 Å². The third-order valence-electron chi connectivity index (χ3n) is 6.05. The summed E-state index contributed by atoms with van der Waals surface area (Å²) in [7, 11) is -1.79. The second-order valence-electron chi connectivity index (χ2n) is 10.2. The molecule has 2 aromatic carbocycles. The Kier molecular flexibility index (Phi) is 6.52. The van der Waals surface area contributed by atoms with Gasteiger partial charge in [0.15, 0.2) is 8.32 Å². The molecule has 0 bridgehead atoms. The van der Waals surface area contributed by atoms with Gasteiger partial charge in [-0.05, 0) is 48.3 Å². The molecule has 0 fully saturated rings. The van der Waals surface area contributed by atoms with Gasteiger partial charge in [0.2, 0.25) is 0 Å². The largest absolute Gasteiger partial charge is 0.482 e. The Balaban J connectivity index is 2.25. The fourth-order valence-corrected chi connectivity index (χ4v) is 3.69. The first-order valence-corrected chi connectivity index (χ1v) is 13.0. The molecule has 2 nitrogen and oxygen atoms in total. The molecule has 2 rings (SSSR count). The Hall–Kier alpha value is -1.58. The van der Waals surface area contributed by atoms with Crippen molar-refractivity contribution < 1.29 is 9.16 Å². The minimum absolute atomic E-state index is 0.179. The molecule has 0 spiro atoms. The molecular formula is C25H37O2Si. The fourth-order valence-electron chi connectivity index (χ4n) is 2.73. The molecule has 0 heterocycles. The first kappa shape index (κ1) is 22.7. The van der Waals surface area contributed by atoms with Crippen LogP contribution < -0.4 is 4.74 Å². The highest BCUT2D eigenvalue weighted by Crippen LogP contribution is 2.43. The summed E-state index contributed by atoms with van der Waals surface area (Å²) in [6.45, 7) is 23.0. The van der Waals surface area contributed by atoms with E-state index >= 15 is 0 Å². The Morgan fingerprint density at radius 2 is 1.46 bits per heavy atom. The van der Waals surface area contributed by atoms with E-state index in [1.807, 2.05) is 30.3 Å². The van der Waals surface area contributed by atoms with Crippen molar-refractivity contribution in [2.45, 2.75) is 71.9 Å².